The number of hydrogen-bond donors (Lipinski definition) is 1. The summed E-state index contributed by atoms with van der Waals surface area (Å²) in [6.07, 6.45) is 1.49. The van der Waals surface area contributed by atoms with E-state index in [1.807, 2.05) is 0 Å². The van der Waals surface area contributed by atoms with Crippen molar-refractivity contribution < 1.29 is 28.2 Å². The fourth-order valence-electron chi connectivity index (χ4n) is 4.04. The summed E-state index contributed by atoms with van der Waals surface area (Å²) in [5, 5.41) is 11.5. The van der Waals surface area contributed by atoms with Crippen LogP contribution in [0.1, 0.15) is 22.3 Å². The predicted molar refractivity (Wildman–Crippen MR) is 128 cm³/mol. The molecule has 3 heterocycles. The van der Waals surface area contributed by atoms with Crippen LogP contribution in [-0.4, -0.2) is 28.9 Å². The zero-order valence-corrected chi connectivity index (χ0v) is 19.5. The van der Waals surface area contributed by atoms with E-state index in [1.165, 1.54) is 37.6 Å². The van der Waals surface area contributed by atoms with E-state index in [2.05, 4.69) is 4.98 Å². The van der Waals surface area contributed by atoms with Gasteiger partial charge in [-0.3, -0.25) is 19.5 Å². The smallest absolute Gasteiger partial charge is 0.294 e. The van der Waals surface area contributed by atoms with Gasteiger partial charge in [-0.15, -0.1) is 0 Å². The lowest BCUT2D eigenvalue weighted by molar-refractivity contribution is -0.117. The van der Waals surface area contributed by atoms with Crippen molar-refractivity contribution in [2.45, 2.75) is 6.04 Å². The Balaban J connectivity index is 1.66. The Bertz CT molecular complexity index is 1530. The molecule has 0 saturated heterocycles. The molecule has 176 valence electrons. The number of pyridine rings is 1. The standard InChI is InChI=1S/C25H15Cl2FN2O5/c1-34-19-10-13(26)8-12-9-18(35-24(12)19)22(31)20-21(17-4-2-3-7-29-17)30(25(33)23(20)32)14-5-6-16(28)15(27)11-14/h2-11,21,32H,1H3. The second kappa shape index (κ2) is 8.72. The number of amides is 1. The van der Waals surface area contributed by atoms with Crippen molar-refractivity contribution in [3.63, 3.8) is 0 Å². The lowest BCUT2D eigenvalue weighted by atomic mass is 9.98. The Morgan fingerprint density at radius 1 is 1.17 bits per heavy atom. The van der Waals surface area contributed by atoms with Crippen molar-refractivity contribution in [3.8, 4) is 5.75 Å². The highest BCUT2D eigenvalue weighted by atomic mass is 35.5. The number of ketones is 1. The van der Waals surface area contributed by atoms with Crippen molar-refractivity contribution in [2.24, 2.45) is 0 Å². The van der Waals surface area contributed by atoms with Gasteiger partial charge in [0.15, 0.2) is 22.9 Å². The number of fused-ring (bicyclic) bond motifs is 1. The van der Waals surface area contributed by atoms with E-state index in [4.69, 9.17) is 32.4 Å². The third-order valence-electron chi connectivity index (χ3n) is 5.59. The summed E-state index contributed by atoms with van der Waals surface area (Å²) in [5.74, 6) is -2.90. The van der Waals surface area contributed by atoms with Gasteiger partial charge in [0.05, 0.1) is 23.4 Å². The number of aromatic nitrogens is 1. The molecule has 1 aliphatic heterocycles. The summed E-state index contributed by atoms with van der Waals surface area (Å²) in [5.41, 5.74) is 0.495. The van der Waals surface area contributed by atoms with Crippen LogP contribution in [0.2, 0.25) is 10.0 Å². The second-order valence-electron chi connectivity index (χ2n) is 7.66. The zero-order chi connectivity index (χ0) is 24.9. The van der Waals surface area contributed by atoms with Crippen molar-refractivity contribution in [2.75, 3.05) is 12.0 Å². The number of hydrogen-bond acceptors (Lipinski definition) is 6. The molecule has 0 spiro atoms. The molecular weight excluding hydrogens is 498 g/mol. The van der Waals surface area contributed by atoms with Gasteiger partial charge in [0, 0.05) is 28.4 Å². The van der Waals surface area contributed by atoms with Gasteiger partial charge in [-0.1, -0.05) is 29.3 Å². The maximum absolute atomic E-state index is 13.8. The summed E-state index contributed by atoms with van der Waals surface area (Å²) < 4.78 is 24.9. The Labute approximate surface area is 207 Å². The van der Waals surface area contributed by atoms with Crippen LogP contribution < -0.4 is 9.64 Å². The van der Waals surface area contributed by atoms with Gasteiger partial charge in [0.1, 0.15) is 11.9 Å². The topological polar surface area (TPSA) is 92.9 Å². The molecule has 0 saturated carbocycles. The minimum absolute atomic E-state index is 0.144. The van der Waals surface area contributed by atoms with E-state index >= 15 is 0 Å². The first kappa shape index (κ1) is 22.9. The van der Waals surface area contributed by atoms with Gasteiger partial charge in [-0.05, 0) is 42.5 Å². The average molecular weight is 513 g/mol. The summed E-state index contributed by atoms with van der Waals surface area (Å²) in [4.78, 5) is 32.3. The molecule has 5 rings (SSSR count). The number of benzene rings is 2. The van der Waals surface area contributed by atoms with Crippen LogP contribution in [0.15, 0.2) is 76.5 Å². The number of aliphatic hydroxyl groups excluding tert-OH is 1. The molecule has 1 amide bonds. The monoisotopic (exact) mass is 512 g/mol. The normalized spacial score (nSPS) is 15.8. The highest BCUT2D eigenvalue weighted by Crippen LogP contribution is 2.43. The second-order valence-corrected chi connectivity index (χ2v) is 8.50. The molecule has 0 bridgehead atoms. The average Bonchev–Trinajstić information content (AvgIpc) is 3.39. The number of anilines is 1. The number of rotatable bonds is 5. The van der Waals surface area contributed by atoms with Crippen LogP contribution in [0.5, 0.6) is 5.75 Å². The van der Waals surface area contributed by atoms with Crippen molar-refractivity contribution in [1.29, 1.82) is 0 Å². The number of ether oxygens (including phenoxy) is 1. The number of furan rings is 1. The molecule has 2 aromatic carbocycles. The quantitative estimate of drug-likeness (QED) is 0.326. The molecular formula is C25H15Cl2FN2O5. The van der Waals surface area contributed by atoms with Crippen LogP contribution in [0.4, 0.5) is 10.1 Å². The number of halogens is 3. The number of carbonyl (C=O) groups is 2. The number of aliphatic hydroxyl groups is 1. The minimum Gasteiger partial charge on any atom is -0.503 e. The summed E-state index contributed by atoms with van der Waals surface area (Å²) >= 11 is 12.1. The third-order valence-corrected chi connectivity index (χ3v) is 6.10. The summed E-state index contributed by atoms with van der Waals surface area (Å²) in [7, 11) is 1.43. The van der Waals surface area contributed by atoms with Crippen LogP contribution >= 0.6 is 23.2 Å². The van der Waals surface area contributed by atoms with Crippen molar-refractivity contribution >= 4 is 51.5 Å². The fraction of sp³-hybridized carbons (Fsp3) is 0.0800. The van der Waals surface area contributed by atoms with Gasteiger partial charge in [-0.25, -0.2) is 4.39 Å². The highest BCUT2D eigenvalue weighted by molar-refractivity contribution is 6.32. The molecule has 4 aromatic rings. The first-order chi connectivity index (χ1) is 16.8. The first-order valence-corrected chi connectivity index (χ1v) is 11.0. The number of Topliss-reactive ketones (excluding diaryl/α,β-unsaturated/α-hetero) is 1. The van der Waals surface area contributed by atoms with Gasteiger partial charge in [-0.2, -0.15) is 0 Å². The van der Waals surface area contributed by atoms with Crippen LogP contribution in [0.25, 0.3) is 11.0 Å². The van der Waals surface area contributed by atoms with Gasteiger partial charge in [0.25, 0.3) is 5.91 Å². The van der Waals surface area contributed by atoms with Gasteiger partial charge >= 0.3 is 0 Å². The largest absolute Gasteiger partial charge is 0.503 e. The number of carbonyl (C=O) groups excluding carboxylic acids is 2. The van der Waals surface area contributed by atoms with Crippen molar-refractivity contribution in [1.82, 2.24) is 4.98 Å². The Morgan fingerprint density at radius 2 is 1.97 bits per heavy atom. The molecule has 0 aliphatic carbocycles. The lowest BCUT2D eigenvalue weighted by Crippen LogP contribution is -2.31. The van der Waals surface area contributed by atoms with E-state index < -0.39 is 29.3 Å². The fourth-order valence-corrected chi connectivity index (χ4v) is 4.43. The third kappa shape index (κ3) is 3.80. The highest BCUT2D eigenvalue weighted by Gasteiger charge is 2.46. The summed E-state index contributed by atoms with van der Waals surface area (Å²) in [6.45, 7) is 0. The molecule has 35 heavy (non-hydrogen) atoms. The van der Waals surface area contributed by atoms with Crippen molar-refractivity contribution in [3.05, 3.63) is 99.4 Å². The zero-order valence-electron chi connectivity index (χ0n) is 18.0. The maximum atomic E-state index is 13.8. The Kier molecular flexibility index (Phi) is 5.70. The Hall–Kier alpha value is -3.88. The van der Waals surface area contributed by atoms with E-state index in [-0.39, 0.29) is 27.6 Å². The van der Waals surface area contributed by atoms with E-state index in [1.54, 1.807) is 24.3 Å². The number of methoxy groups -OCH3 is 1. The van der Waals surface area contributed by atoms with Gasteiger partial charge in [0.2, 0.25) is 5.78 Å². The molecule has 7 nitrogen and oxygen atoms in total. The lowest BCUT2D eigenvalue weighted by Gasteiger charge is -2.26. The SMILES string of the molecule is COc1cc(Cl)cc2cc(C(=O)C3=C(O)C(=O)N(c4ccc(F)c(Cl)c4)C3c3ccccn3)oc12. The minimum atomic E-state index is -1.13. The molecule has 1 atom stereocenters. The molecule has 2 aromatic heterocycles. The van der Waals surface area contributed by atoms with Crippen LogP contribution in [-0.2, 0) is 4.79 Å². The number of nitrogens with zero attached hydrogens (tertiary/aromatic N) is 2. The van der Waals surface area contributed by atoms with Crippen LogP contribution in [0, 0.1) is 5.82 Å². The molecule has 0 radical (unpaired) electrons. The van der Waals surface area contributed by atoms with Gasteiger partial charge < -0.3 is 14.3 Å². The molecule has 0 fully saturated rings. The molecule has 1 aliphatic rings. The summed E-state index contributed by atoms with van der Waals surface area (Å²) in [6, 6.07) is 12.0. The Morgan fingerprint density at radius 3 is 2.66 bits per heavy atom. The first-order valence-electron chi connectivity index (χ1n) is 10.2. The van der Waals surface area contributed by atoms with Crippen LogP contribution in [0.3, 0.4) is 0 Å². The molecule has 1 N–H and O–H groups in total. The van der Waals surface area contributed by atoms with E-state index in [9.17, 15) is 19.1 Å². The van der Waals surface area contributed by atoms with E-state index in [0.717, 1.165) is 11.0 Å². The molecule has 10 heteroatoms. The molecule has 1 unspecified atom stereocenters. The maximum Gasteiger partial charge on any atom is 0.294 e. The predicted octanol–water partition coefficient (Wildman–Crippen LogP) is 6.07. The van der Waals surface area contributed by atoms with E-state index in [0.29, 0.717) is 21.9 Å².